The predicted octanol–water partition coefficient (Wildman–Crippen LogP) is 6.69. The molecule has 0 bridgehead atoms. The largest absolute Gasteiger partial charge is 0.488 e. The quantitative estimate of drug-likeness (QED) is 0.415. The van der Waals surface area contributed by atoms with Crippen molar-refractivity contribution in [1.82, 2.24) is 0 Å². The van der Waals surface area contributed by atoms with Crippen molar-refractivity contribution in [2.24, 2.45) is 0 Å². The molecule has 0 heterocycles. The maximum absolute atomic E-state index is 6.12. The van der Waals surface area contributed by atoms with E-state index in [-0.39, 0.29) is 5.60 Å². The SMILES string of the molecule is CCCCCCSc1ccc(OC(C)(C)C)c2ccccc12. The molecule has 2 rings (SSSR count). The average molecular weight is 317 g/mol. The molecule has 120 valence electrons. The zero-order chi connectivity index (χ0) is 16.0. The summed E-state index contributed by atoms with van der Waals surface area (Å²) in [5, 5.41) is 2.53. The highest BCUT2D eigenvalue weighted by molar-refractivity contribution is 7.99. The third-order valence-electron chi connectivity index (χ3n) is 3.52. The number of unbranched alkanes of at least 4 members (excludes halogenated alkanes) is 3. The summed E-state index contributed by atoms with van der Waals surface area (Å²) in [6.07, 6.45) is 5.28. The molecule has 2 aromatic carbocycles. The van der Waals surface area contributed by atoms with E-state index in [9.17, 15) is 0 Å². The molecule has 0 unspecified atom stereocenters. The third-order valence-corrected chi connectivity index (χ3v) is 4.68. The molecule has 0 fully saturated rings. The molecule has 0 saturated carbocycles. The van der Waals surface area contributed by atoms with Gasteiger partial charge in [0, 0.05) is 10.3 Å². The number of benzene rings is 2. The molecule has 0 spiro atoms. The molecule has 0 aromatic heterocycles. The van der Waals surface area contributed by atoms with Gasteiger partial charge in [0.15, 0.2) is 0 Å². The minimum Gasteiger partial charge on any atom is -0.488 e. The first kappa shape index (κ1) is 17.2. The Bertz CT molecular complexity index is 598. The first-order valence-corrected chi connectivity index (χ1v) is 9.33. The van der Waals surface area contributed by atoms with Gasteiger partial charge in [-0.05, 0) is 50.5 Å². The minimum absolute atomic E-state index is 0.169. The van der Waals surface area contributed by atoms with E-state index in [0.29, 0.717) is 0 Å². The molecule has 0 amide bonds. The predicted molar refractivity (Wildman–Crippen MR) is 99.2 cm³/mol. The highest BCUT2D eigenvalue weighted by Crippen LogP contribution is 2.35. The first-order valence-electron chi connectivity index (χ1n) is 8.35. The summed E-state index contributed by atoms with van der Waals surface area (Å²) in [5.74, 6) is 2.18. The standard InChI is InChI=1S/C20H28OS/c1-5-6-7-10-15-22-19-14-13-18(21-20(2,3)4)16-11-8-9-12-17(16)19/h8-9,11-14H,5-7,10,15H2,1-4H3. The van der Waals surface area contributed by atoms with Crippen LogP contribution in [-0.4, -0.2) is 11.4 Å². The number of hydrogen-bond acceptors (Lipinski definition) is 2. The van der Waals surface area contributed by atoms with E-state index >= 15 is 0 Å². The fourth-order valence-electron chi connectivity index (χ4n) is 2.50. The lowest BCUT2D eigenvalue weighted by atomic mass is 10.1. The summed E-state index contributed by atoms with van der Waals surface area (Å²) in [6.45, 7) is 8.54. The summed E-state index contributed by atoms with van der Waals surface area (Å²) >= 11 is 1.97. The van der Waals surface area contributed by atoms with Crippen LogP contribution in [0.15, 0.2) is 41.3 Å². The molecule has 0 N–H and O–H groups in total. The fraction of sp³-hybridized carbons (Fsp3) is 0.500. The van der Waals surface area contributed by atoms with Gasteiger partial charge in [0.1, 0.15) is 11.4 Å². The van der Waals surface area contributed by atoms with E-state index in [1.54, 1.807) is 0 Å². The van der Waals surface area contributed by atoms with Gasteiger partial charge in [0.05, 0.1) is 0 Å². The zero-order valence-electron chi connectivity index (χ0n) is 14.3. The smallest absolute Gasteiger partial charge is 0.127 e. The molecule has 0 aliphatic heterocycles. The summed E-state index contributed by atoms with van der Waals surface area (Å²) in [7, 11) is 0. The molecule has 0 aliphatic rings. The molecule has 1 nitrogen and oxygen atoms in total. The first-order chi connectivity index (χ1) is 10.5. The molecule has 2 heteroatoms. The maximum Gasteiger partial charge on any atom is 0.127 e. The average Bonchev–Trinajstić information content (AvgIpc) is 2.47. The van der Waals surface area contributed by atoms with Gasteiger partial charge in [-0.15, -0.1) is 11.8 Å². The fourth-order valence-corrected chi connectivity index (χ4v) is 3.57. The Labute approximate surface area is 139 Å². The van der Waals surface area contributed by atoms with E-state index in [1.165, 1.54) is 47.1 Å². The normalized spacial score (nSPS) is 11.8. The van der Waals surface area contributed by atoms with Crippen molar-refractivity contribution in [3.63, 3.8) is 0 Å². The topological polar surface area (TPSA) is 9.23 Å². The molecule has 0 atom stereocenters. The van der Waals surface area contributed by atoms with Crippen LogP contribution >= 0.6 is 11.8 Å². The van der Waals surface area contributed by atoms with Crippen molar-refractivity contribution < 1.29 is 4.74 Å². The van der Waals surface area contributed by atoms with Crippen LogP contribution in [0, 0.1) is 0 Å². The Balaban J connectivity index is 2.17. The zero-order valence-corrected chi connectivity index (χ0v) is 15.1. The van der Waals surface area contributed by atoms with Crippen molar-refractivity contribution in [2.75, 3.05) is 5.75 Å². The summed E-state index contributed by atoms with van der Waals surface area (Å²) < 4.78 is 6.12. The number of hydrogen-bond donors (Lipinski definition) is 0. The highest BCUT2D eigenvalue weighted by atomic mass is 32.2. The van der Waals surface area contributed by atoms with Crippen molar-refractivity contribution in [3.8, 4) is 5.75 Å². The van der Waals surface area contributed by atoms with E-state index in [1.807, 2.05) is 11.8 Å². The Morgan fingerprint density at radius 1 is 0.909 bits per heavy atom. The second-order valence-electron chi connectivity index (χ2n) is 6.73. The van der Waals surface area contributed by atoms with Gasteiger partial charge in [-0.25, -0.2) is 0 Å². The van der Waals surface area contributed by atoms with Crippen LogP contribution in [0.2, 0.25) is 0 Å². The molecule has 0 aliphatic carbocycles. The number of rotatable bonds is 7. The van der Waals surface area contributed by atoms with Gasteiger partial charge in [0.2, 0.25) is 0 Å². The second kappa shape index (κ2) is 7.92. The number of ether oxygens (including phenoxy) is 1. The van der Waals surface area contributed by atoms with Gasteiger partial charge >= 0.3 is 0 Å². The minimum atomic E-state index is -0.169. The maximum atomic E-state index is 6.12. The molecule has 2 aromatic rings. The summed E-state index contributed by atoms with van der Waals surface area (Å²) in [6, 6.07) is 12.9. The Morgan fingerprint density at radius 2 is 1.64 bits per heavy atom. The second-order valence-corrected chi connectivity index (χ2v) is 7.87. The number of fused-ring (bicyclic) bond motifs is 1. The van der Waals surface area contributed by atoms with E-state index in [2.05, 4.69) is 64.1 Å². The third kappa shape index (κ3) is 4.95. The van der Waals surface area contributed by atoms with Crippen LogP contribution in [-0.2, 0) is 0 Å². The van der Waals surface area contributed by atoms with Gasteiger partial charge in [-0.1, -0.05) is 50.5 Å². The van der Waals surface area contributed by atoms with E-state index in [0.717, 1.165) is 5.75 Å². The lowest BCUT2D eigenvalue weighted by Crippen LogP contribution is -2.23. The van der Waals surface area contributed by atoms with E-state index < -0.39 is 0 Å². The Morgan fingerprint density at radius 3 is 2.32 bits per heavy atom. The van der Waals surface area contributed by atoms with Gasteiger partial charge in [-0.2, -0.15) is 0 Å². The van der Waals surface area contributed by atoms with Crippen molar-refractivity contribution >= 4 is 22.5 Å². The van der Waals surface area contributed by atoms with Crippen LogP contribution in [0.1, 0.15) is 53.4 Å². The van der Waals surface area contributed by atoms with Crippen LogP contribution in [0.5, 0.6) is 5.75 Å². The van der Waals surface area contributed by atoms with Crippen LogP contribution in [0.4, 0.5) is 0 Å². The number of thioether (sulfide) groups is 1. The monoisotopic (exact) mass is 316 g/mol. The Hall–Kier alpha value is -1.15. The van der Waals surface area contributed by atoms with Gasteiger partial charge in [-0.3, -0.25) is 0 Å². The van der Waals surface area contributed by atoms with E-state index in [4.69, 9.17) is 4.74 Å². The molecular formula is C20H28OS. The molecular weight excluding hydrogens is 288 g/mol. The Kier molecular flexibility index (Phi) is 6.19. The lowest BCUT2D eigenvalue weighted by molar-refractivity contribution is 0.133. The highest BCUT2D eigenvalue weighted by Gasteiger charge is 2.15. The van der Waals surface area contributed by atoms with Gasteiger partial charge in [0.25, 0.3) is 0 Å². The molecule has 22 heavy (non-hydrogen) atoms. The molecule has 0 radical (unpaired) electrons. The summed E-state index contributed by atoms with van der Waals surface area (Å²) in [5.41, 5.74) is -0.169. The van der Waals surface area contributed by atoms with Crippen LogP contribution in [0.25, 0.3) is 10.8 Å². The summed E-state index contributed by atoms with van der Waals surface area (Å²) in [4.78, 5) is 1.37. The lowest BCUT2D eigenvalue weighted by Gasteiger charge is -2.23. The van der Waals surface area contributed by atoms with Crippen molar-refractivity contribution in [2.45, 2.75) is 63.9 Å². The van der Waals surface area contributed by atoms with Crippen molar-refractivity contribution in [3.05, 3.63) is 36.4 Å². The van der Waals surface area contributed by atoms with Crippen molar-refractivity contribution in [1.29, 1.82) is 0 Å². The van der Waals surface area contributed by atoms with Gasteiger partial charge < -0.3 is 4.74 Å². The van der Waals surface area contributed by atoms with Crippen LogP contribution in [0.3, 0.4) is 0 Å². The molecule has 0 saturated heterocycles. The van der Waals surface area contributed by atoms with Crippen LogP contribution < -0.4 is 4.74 Å².